The van der Waals surface area contributed by atoms with E-state index in [-0.39, 0.29) is 0 Å². The Morgan fingerprint density at radius 2 is 1.93 bits per heavy atom. The highest BCUT2D eigenvalue weighted by atomic mass is 15.3. The van der Waals surface area contributed by atoms with Crippen LogP contribution in [0.2, 0.25) is 0 Å². The molecule has 0 amide bonds. The van der Waals surface area contributed by atoms with Crippen LogP contribution in [0.25, 0.3) is 0 Å². The van der Waals surface area contributed by atoms with Crippen molar-refractivity contribution in [1.29, 1.82) is 0 Å². The molecule has 1 N–H and O–H groups in total. The Morgan fingerprint density at radius 3 is 2.27 bits per heavy atom. The quantitative estimate of drug-likeness (QED) is 0.825. The largest absolute Gasteiger partial charge is 0.315 e. The molecule has 15 heavy (non-hydrogen) atoms. The Hall–Kier alpha value is -0.830. The topological polar surface area (TPSA) is 29.9 Å². The zero-order valence-electron chi connectivity index (χ0n) is 10.8. The van der Waals surface area contributed by atoms with Crippen molar-refractivity contribution in [2.24, 2.45) is 0 Å². The molecule has 0 spiro atoms. The summed E-state index contributed by atoms with van der Waals surface area (Å²) >= 11 is 0. The number of nitrogens with one attached hydrogen (secondary N) is 1. The van der Waals surface area contributed by atoms with Crippen LogP contribution in [0.15, 0.2) is 0 Å². The van der Waals surface area contributed by atoms with Crippen molar-refractivity contribution < 1.29 is 0 Å². The van der Waals surface area contributed by atoms with Crippen molar-refractivity contribution in [3.63, 3.8) is 0 Å². The minimum Gasteiger partial charge on any atom is -0.315 e. The van der Waals surface area contributed by atoms with E-state index >= 15 is 0 Å². The van der Waals surface area contributed by atoms with E-state index in [0.29, 0.717) is 12.1 Å². The summed E-state index contributed by atoms with van der Waals surface area (Å²) in [5, 5.41) is 7.95. The maximum atomic E-state index is 4.60. The van der Waals surface area contributed by atoms with Crippen molar-refractivity contribution in [1.82, 2.24) is 15.1 Å². The Kier molecular flexibility index (Phi) is 3.91. The molecule has 0 saturated heterocycles. The van der Waals surface area contributed by atoms with Gasteiger partial charge in [-0.3, -0.25) is 4.68 Å². The molecule has 0 fully saturated rings. The fourth-order valence-electron chi connectivity index (χ4n) is 2.10. The molecule has 0 aliphatic carbocycles. The molecule has 1 aromatic heterocycles. The molecule has 0 aromatic carbocycles. The zero-order valence-corrected chi connectivity index (χ0v) is 10.8. The third-order valence-electron chi connectivity index (χ3n) is 3.47. The minimum atomic E-state index is 0.410. The molecule has 1 aromatic rings. The molecular weight excluding hydrogens is 186 g/mol. The highest BCUT2D eigenvalue weighted by molar-refractivity contribution is 5.22. The second-order valence-electron chi connectivity index (χ2n) is 4.28. The number of aryl methyl sites for hydroxylation is 1. The van der Waals surface area contributed by atoms with Crippen LogP contribution in [0.3, 0.4) is 0 Å². The van der Waals surface area contributed by atoms with Gasteiger partial charge in [0.15, 0.2) is 0 Å². The molecule has 0 bridgehead atoms. The van der Waals surface area contributed by atoms with E-state index < -0.39 is 0 Å². The third kappa shape index (κ3) is 2.23. The van der Waals surface area contributed by atoms with E-state index in [2.05, 4.69) is 49.7 Å². The van der Waals surface area contributed by atoms with Crippen molar-refractivity contribution in [3.8, 4) is 0 Å². The van der Waals surface area contributed by atoms with E-state index in [0.717, 1.165) is 12.1 Å². The van der Waals surface area contributed by atoms with Gasteiger partial charge in [0.1, 0.15) is 0 Å². The van der Waals surface area contributed by atoms with Gasteiger partial charge in [-0.25, -0.2) is 0 Å². The fourth-order valence-corrected chi connectivity index (χ4v) is 2.10. The minimum absolute atomic E-state index is 0.410. The number of aromatic nitrogens is 2. The van der Waals surface area contributed by atoms with E-state index in [9.17, 15) is 0 Å². The molecule has 2 atom stereocenters. The summed E-state index contributed by atoms with van der Waals surface area (Å²) in [6.45, 7) is 10.8. The average molecular weight is 209 g/mol. The summed E-state index contributed by atoms with van der Waals surface area (Å²) < 4.78 is 2.15. The molecule has 3 nitrogen and oxygen atoms in total. The van der Waals surface area contributed by atoms with Gasteiger partial charge in [-0.15, -0.1) is 0 Å². The van der Waals surface area contributed by atoms with Crippen LogP contribution in [-0.4, -0.2) is 22.9 Å². The first-order chi connectivity index (χ1) is 7.02. The van der Waals surface area contributed by atoms with Gasteiger partial charge in [-0.1, -0.05) is 6.92 Å². The summed E-state index contributed by atoms with van der Waals surface area (Å²) in [6, 6.07) is 0.898. The highest BCUT2D eigenvalue weighted by Gasteiger charge is 2.19. The predicted molar refractivity (Wildman–Crippen MR) is 64.3 cm³/mol. The number of nitrogens with zero attached hydrogens (tertiary/aromatic N) is 2. The summed E-state index contributed by atoms with van der Waals surface area (Å²) in [4.78, 5) is 0. The lowest BCUT2D eigenvalue weighted by atomic mass is 10.1. The van der Waals surface area contributed by atoms with E-state index in [1.54, 1.807) is 0 Å². The second kappa shape index (κ2) is 4.79. The monoisotopic (exact) mass is 209 g/mol. The van der Waals surface area contributed by atoms with Gasteiger partial charge in [-0.2, -0.15) is 5.10 Å². The lowest BCUT2D eigenvalue weighted by Crippen LogP contribution is -2.34. The Labute approximate surface area is 92.9 Å². The second-order valence-corrected chi connectivity index (χ2v) is 4.28. The molecule has 1 rings (SSSR count). The summed E-state index contributed by atoms with van der Waals surface area (Å²) in [7, 11) is 2.02. The van der Waals surface area contributed by atoms with Gasteiger partial charge >= 0.3 is 0 Å². The Balaban J connectivity index is 3.00. The van der Waals surface area contributed by atoms with Crippen LogP contribution >= 0.6 is 0 Å². The first-order valence-electron chi connectivity index (χ1n) is 5.72. The predicted octanol–water partition coefficient (Wildman–Crippen LogP) is 2.37. The van der Waals surface area contributed by atoms with Crippen LogP contribution in [0.1, 0.15) is 43.3 Å². The fraction of sp³-hybridized carbons (Fsp3) is 0.750. The molecule has 0 saturated carbocycles. The van der Waals surface area contributed by atoms with Crippen molar-refractivity contribution in [2.75, 3.05) is 7.05 Å². The molecular formula is C12H23N3. The molecule has 3 heteroatoms. The van der Waals surface area contributed by atoms with Crippen molar-refractivity contribution in [3.05, 3.63) is 17.0 Å². The summed E-state index contributed by atoms with van der Waals surface area (Å²) in [5.41, 5.74) is 3.74. The average Bonchev–Trinajstić information content (AvgIpc) is 2.47. The van der Waals surface area contributed by atoms with Crippen LogP contribution in [-0.2, 0) is 0 Å². The lowest BCUT2D eigenvalue weighted by Gasteiger charge is -2.23. The van der Waals surface area contributed by atoms with Crippen LogP contribution in [0, 0.1) is 20.8 Å². The number of hydrogen-bond acceptors (Lipinski definition) is 2. The van der Waals surface area contributed by atoms with Crippen molar-refractivity contribution in [2.45, 2.75) is 53.1 Å². The smallest absolute Gasteiger partial charge is 0.0647 e. The van der Waals surface area contributed by atoms with Gasteiger partial charge in [0, 0.05) is 11.7 Å². The Morgan fingerprint density at radius 1 is 1.33 bits per heavy atom. The molecule has 2 unspecified atom stereocenters. The van der Waals surface area contributed by atoms with Gasteiger partial charge in [0.25, 0.3) is 0 Å². The number of rotatable bonds is 4. The van der Waals surface area contributed by atoms with E-state index in [1.165, 1.54) is 11.3 Å². The molecule has 0 radical (unpaired) electrons. The van der Waals surface area contributed by atoms with Crippen LogP contribution in [0.4, 0.5) is 0 Å². The maximum absolute atomic E-state index is 4.60. The summed E-state index contributed by atoms with van der Waals surface area (Å²) in [6.07, 6.45) is 1.12. The zero-order chi connectivity index (χ0) is 11.6. The van der Waals surface area contributed by atoms with E-state index in [1.807, 2.05) is 7.05 Å². The highest BCUT2D eigenvalue weighted by Crippen LogP contribution is 2.19. The SMILES string of the molecule is CCC(NC)C(C)n1nc(C)c(C)c1C. The molecule has 0 aliphatic rings. The first kappa shape index (κ1) is 12.2. The number of likely N-dealkylation sites (N-methyl/N-ethyl adjacent to an activating group) is 1. The normalized spacial score (nSPS) is 15.3. The van der Waals surface area contributed by atoms with Gasteiger partial charge in [0.2, 0.25) is 0 Å². The summed E-state index contributed by atoms with van der Waals surface area (Å²) in [5.74, 6) is 0. The van der Waals surface area contributed by atoms with Crippen molar-refractivity contribution >= 4 is 0 Å². The van der Waals surface area contributed by atoms with Gasteiger partial charge in [0.05, 0.1) is 11.7 Å². The van der Waals surface area contributed by atoms with Gasteiger partial charge < -0.3 is 5.32 Å². The lowest BCUT2D eigenvalue weighted by molar-refractivity contribution is 0.350. The molecule has 86 valence electrons. The maximum Gasteiger partial charge on any atom is 0.0647 e. The van der Waals surface area contributed by atoms with Gasteiger partial charge in [-0.05, 0) is 46.7 Å². The third-order valence-corrected chi connectivity index (χ3v) is 3.47. The number of hydrogen-bond donors (Lipinski definition) is 1. The molecule has 1 heterocycles. The van der Waals surface area contributed by atoms with Crippen LogP contribution in [0.5, 0.6) is 0 Å². The standard InChI is InChI=1S/C12H23N3/c1-7-12(13-6)11(5)15-10(4)8(2)9(3)14-15/h11-13H,7H2,1-6H3. The first-order valence-corrected chi connectivity index (χ1v) is 5.72. The Bertz CT molecular complexity index is 324. The molecule has 0 aliphatic heterocycles. The van der Waals surface area contributed by atoms with Crippen LogP contribution < -0.4 is 5.32 Å². The van der Waals surface area contributed by atoms with E-state index in [4.69, 9.17) is 0 Å².